The number of halogens is 2. The van der Waals surface area contributed by atoms with Crippen molar-refractivity contribution < 1.29 is 17.9 Å². The van der Waals surface area contributed by atoms with Gasteiger partial charge in [0.25, 0.3) is 0 Å². The number of H-pyrrole nitrogens is 1. The van der Waals surface area contributed by atoms with Gasteiger partial charge < -0.3 is 9.15 Å². The Morgan fingerprint density at radius 1 is 1.15 bits per heavy atom. The average Bonchev–Trinajstić information content (AvgIpc) is 3.36. The topological polar surface area (TPSA) is 81.0 Å². The van der Waals surface area contributed by atoms with E-state index in [2.05, 4.69) is 48.1 Å². The van der Waals surface area contributed by atoms with E-state index < -0.39 is 17.6 Å². The lowest BCUT2D eigenvalue weighted by molar-refractivity contribution is 0.0926. The summed E-state index contributed by atoms with van der Waals surface area (Å²) in [5.41, 5.74) is 1.63. The van der Waals surface area contributed by atoms with Crippen LogP contribution in [0.3, 0.4) is 0 Å². The first-order valence-electron chi connectivity index (χ1n) is 13.0. The number of nitrogens with one attached hydrogen (secondary N) is 1. The predicted octanol–water partition coefficient (Wildman–Crippen LogP) is 7.12. The average molecular weight is 532 g/mol. The van der Waals surface area contributed by atoms with E-state index in [9.17, 15) is 13.6 Å². The minimum absolute atomic E-state index is 0.0628. The van der Waals surface area contributed by atoms with Gasteiger partial charge in [-0.05, 0) is 59.9 Å². The lowest BCUT2D eigenvalue weighted by Gasteiger charge is -2.35. The highest BCUT2D eigenvalue weighted by molar-refractivity contribution is 5.63. The van der Waals surface area contributed by atoms with Gasteiger partial charge in [-0.2, -0.15) is 0 Å². The van der Waals surface area contributed by atoms with E-state index in [1.54, 1.807) is 18.2 Å². The summed E-state index contributed by atoms with van der Waals surface area (Å²) in [6.07, 6.45) is 1.88. The Morgan fingerprint density at radius 3 is 2.62 bits per heavy atom. The highest BCUT2D eigenvalue weighted by Crippen LogP contribution is 2.47. The number of pyridine rings is 1. The summed E-state index contributed by atoms with van der Waals surface area (Å²) in [5.74, 6) is 0.108. The second-order valence-electron chi connectivity index (χ2n) is 10.7. The molecule has 2 aromatic heterocycles. The number of aromatic amines is 1. The molecule has 1 N–H and O–H groups in total. The lowest BCUT2D eigenvalue weighted by Crippen LogP contribution is -2.31. The van der Waals surface area contributed by atoms with Crippen LogP contribution in [0, 0.1) is 5.41 Å². The smallest absolute Gasteiger partial charge is 0.434 e. The van der Waals surface area contributed by atoms with Crippen LogP contribution in [0.1, 0.15) is 68.1 Å². The summed E-state index contributed by atoms with van der Waals surface area (Å²) in [5, 5.41) is 6.45. The molecule has 0 bridgehead atoms. The molecule has 3 atom stereocenters. The van der Waals surface area contributed by atoms with Gasteiger partial charge in [-0.3, -0.25) is 0 Å². The Kier molecular flexibility index (Phi) is 6.97. The van der Waals surface area contributed by atoms with Crippen LogP contribution in [-0.2, 0) is 12.3 Å². The Bertz CT molecular complexity index is 1560. The lowest BCUT2D eigenvalue weighted by atomic mass is 9.68. The Labute approximate surface area is 225 Å². The molecule has 1 aliphatic carbocycles. The number of fused-ring (bicyclic) bond motifs is 1. The summed E-state index contributed by atoms with van der Waals surface area (Å²) in [6.45, 7) is 7.91. The van der Waals surface area contributed by atoms with Crippen molar-refractivity contribution in [2.45, 2.75) is 58.5 Å². The number of rotatable bonds is 8. The van der Waals surface area contributed by atoms with Crippen molar-refractivity contribution in [2.24, 2.45) is 5.41 Å². The molecule has 202 valence electrons. The maximum Gasteiger partial charge on any atom is 0.434 e. The highest BCUT2D eigenvalue weighted by Gasteiger charge is 2.39. The Hall–Kier alpha value is -4.07. The standard InChI is InChI=1S/C31H31F2N3O3/c1-5-30(2,3)27(19-9-7-6-8-10-19)23-17-21(12-13-22(23)28-35-36-29(37)39-28)38-18-20-11-14-24-25(34-20)15-16-26(32)31(24,4)33/h6-17,26-27H,5,18H2,1-4H3,(H,36,37). The van der Waals surface area contributed by atoms with E-state index in [1.165, 1.54) is 19.1 Å². The summed E-state index contributed by atoms with van der Waals surface area (Å²) in [6, 6.07) is 19.0. The van der Waals surface area contributed by atoms with Crippen molar-refractivity contribution in [1.29, 1.82) is 0 Å². The first kappa shape index (κ1) is 26.5. The molecule has 0 radical (unpaired) electrons. The van der Waals surface area contributed by atoms with E-state index in [0.29, 0.717) is 22.7 Å². The molecule has 39 heavy (non-hydrogen) atoms. The van der Waals surface area contributed by atoms with Crippen LogP contribution in [-0.4, -0.2) is 21.4 Å². The molecule has 8 heteroatoms. The SMILES string of the molecule is CCC(C)(C)C(c1ccccc1)c1cc(OCc2ccc3c(n2)C=CC(F)C3(C)F)ccc1-c1n[nH]c(=O)o1. The van der Waals surface area contributed by atoms with Crippen molar-refractivity contribution in [1.82, 2.24) is 15.2 Å². The maximum absolute atomic E-state index is 14.9. The molecule has 0 aliphatic heterocycles. The van der Waals surface area contributed by atoms with E-state index in [1.807, 2.05) is 30.3 Å². The van der Waals surface area contributed by atoms with Gasteiger partial charge >= 0.3 is 5.76 Å². The van der Waals surface area contributed by atoms with Crippen molar-refractivity contribution in [3.63, 3.8) is 0 Å². The van der Waals surface area contributed by atoms with Crippen LogP contribution in [0.25, 0.3) is 17.5 Å². The molecule has 0 fully saturated rings. The van der Waals surface area contributed by atoms with Crippen LogP contribution in [0.5, 0.6) is 5.75 Å². The van der Waals surface area contributed by atoms with E-state index in [-0.39, 0.29) is 29.4 Å². The van der Waals surface area contributed by atoms with Gasteiger partial charge in [-0.25, -0.2) is 23.7 Å². The van der Waals surface area contributed by atoms with Gasteiger partial charge in [0.1, 0.15) is 12.4 Å². The second-order valence-corrected chi connectivity index (χ2v) is 10.7. The fraction of sp³-hybridized carbons (Fsp3) is 0.323. The van der Waals surface area contributed by atoms with Crippen molar-refractivity contribution in [2.75, 3.05) is 0 Å². The van der Waals surface area contributed by atoms with Gasteiger partial charge in [0.2, 0.25) is 5.89 Å². The molecule has 2 aromatic carbocycles. The summed E-state index contributed by atoms with van der Waals surface area (Å²) < 4.78 is 40.4. The van der Waals surface area contributed by atoms with Crippen molar-refractivity contribution in [3.8, 4) is 17.2 Å². The number of hydrogen-bond acceptors (Lipinski definition) is 5. The van der Waals surface area contributed by atoms with Crippen LogP contribution in [0.2, 0.25) is 0 Å². The van der Waals surface area contributed by atoms with Gasteiger partial charge in [-0.1, -0.05) is 63.6 Å². The fourth-order valence-corrected chi connectivity index (χ4v) is 5.11. The molecular formula is C31H31F2N3O3. The number of benzene rings is 2. The third kappa shape index (κ3) is 5.15. The first-order valence-corrected chi connectivity index (χ1v) is 13.0. The Balaban J connectivity index is 1.52. The first-order chi connectivity index (χ1) is 18.6. The zero-order valence-corrected chi connectivity index (χ0v) is 22.4. The number of ether oxygens (including phenoxy) is 1. The zero-order valence-electron chi connectivity index (χ0n) is 22.4. The third-order valence-electron chi connectivity index (χ3n) is 7.66. The zero-order chi connectivity index (χ0) is 27.8. The molecule has 1 aliphatic rings. The second kappa shape index (κ2) is 10.2. The molecule has 2 heterocycles. The minimum Gasteiger partial charge on any atom is -0.487 e. The molecule has 0 spiro atoms. The van der Waals surface area contributed by atoms with Crippen molar-refractivity contribution in [3.05, 3.63) is 105 Å². The molecule has 0 saturated heterocycles. The summed E-state index contributed by atoms with van der Waals surface area (Å²) in [4.78, 5) is 16.3. The molecule has 4 aromatic rings. The van der Waals surface area contributed by atoms with E-state index >= 15 is 0 Å². The minimum atomic E-state index is -2.12. The molecule has 5 rings (SSSR count). The fourth-order valence-electron chi connectivity index (χ4n) is 5.11. The maximum atomic E-state index is 14.9. The van der Waals surface area contributed by atoms with Gasteiger partial charge in [0.15, 0.2) is 11.8 Å². The van der Waals surface area contributed by atoms with Gasteiger partial charge in [-0.15, -0.1) is 5.10 Å². The van der Waals surface area contributed by atoms with E-state index in [4.69, 9.17) is 9.15 Å². The molecule has 3 unspecified atom stereocenters. The number of allylic oxidation sites excluding steroid dienone is 1. The third-order valence-corrected chi connectivity index (χ3v) is 7.66. The van der Waals surface area contributed by atoms with Crippen molar-refractivity contribution >= 4 is 6.08 Å². The molecule has 6 nitrogen and oxygen atoms in total. The quantitative estimate of drug-likeness (QED) is 0.262. The van der Waals surface area contributed by atoms with Crippen LogP contribution < -0.4 is 10.5 Å². The number of alkyl halides is 2. The summed E-state index contributed by atoms with van der Waals surface area (Å²) >= 11 is 0. The van der Waals surface area contributed by atoms with Crippen LogP contribution >= 0.6 is 0 Å². The number of hydrogen-bond donors (Lipinski definition) is 1. The predicted molar refractivity (Wildman–Crippen MR) is 146 cm³/mol. The normalized spacial score (nSPS) is 19.5. The summed E-state index contributed by atoms with van der Waals surface area (Å²) in [7, 11) is 0. The Morgan fingerprint density at radius 2 is 1.92 bits per heavy atom. The van der Waals surface area contributed by atoms with Crippen LogP contribution in [0.4, 0.5) is 8.78 Å². The molecular weight excluding hydrogens is 500 g/mol. The van der Waals surface area contributed by atoms with Gasteiger partial charge in [0, 0.05) is 17.0 Å². The largest absolute Gasteiger partial charge is 0.487 e. The monoisotopic (exact) mass is 531 g/mol. The van der Waals surface area contributed by atoms with Crippen LogP contribution in [0.15, 0.2) is 76.0 Å². The highest BCUT2D eigenvalue weighted by atomic mass is 19.2. The van der Waals surface area contributed by atoms with E-state index in [0.717, 1.165) is 17.5 Å². The molecule has 0 amide bonds. The number of aromatic nitrogens is 3. The number of nitrogens with zero attached hydrogens (tertiary/aromatic N) is 2. The molecule has 0 saturated carbocycles. The van der Waals surface area contributed by atoms with Gasteiger partial charge in [0.05, 0.1) is 11.4 Å².